The van der Waals surface area contributed by atoms with Gasteiger partial charge in [-0.25, -0.2) is 18.0 Å². The molecule has 3 aromatic rings. The van der Waals surface area contributed by atoms with Gasteiger partial charge in [-0.3, -0.25) is 4.68 Å². The van der Waals surface area contributed by atoms with Crippen molar-refractivity contribution in [2.24, 2.45) is 7.05 Å². The fraction of sp³-hybridized carbons (Fsp3) is 0.111. The number of hydrogen-bond donors (Lipinski definition) is 2. The molecule has 0 saturated heterocycles. The molecule has 0 amide bonds. The van der Waals surface area contributed by atoms with Crippen LogP contribution in [-0.2, 0) is 7.05 Å². The van der Waals surface area contributed by atoms with Gasteiger partial charge in [0.15, 0.2) is 0 Å². The van der Waals surface area contributed by atoms with Gasteiger partial charge in [0.1, 0.15) is 17.1 Å². The van der Waals surface area contributed by atoms with Gasteiger partial charge in [-0.2, -0.15) is 5.10 Å². The quantitative estimate of drug-likeness (QED) is 0.541. The van der Waals surface area contributed by atoms with Crippen molar-refractivity contribution in [1.29, 1.82) is 0 Å². The Hall–Kier alpha value is -2.71. The first kappa shape index (κ1) is 21.6. The van der Waals surface area contributed by atoms with Gasteiger partial charge in [-0.15, -0.1) is 0 Å². The van der Waals surface area contributed by atoms with Gasteiger partial charge in [0, 0.05) is 24.5 Å². The van der Waals surface area contributed by atoms with E-state index in [1.807, 2.05) is 0 Å². The second kappa shape index (κ2) is 8.99. The number of nitrogen functional groups attached to an aromatic ring is 1. The topological polar surface area (TPSA) is 81.1 Å². The Bertz CT molecular complexity index is 1010. The number of anilines is 1. The summed E-state index contributed by atoms with van der Waals surface area (Å²) in [6, 6.07) is 9.42. The minimum Gasteiger partial charge on any atom is -0.478 e. The predicted molar refractivity (Wildman–Crippen MR) is 101 cm³/mol. The number of aryl methyl sites for hydroxylation is 1. The molecule has 10 heteroatoms. The molecule has 2 aromatic carbocycles. The average Bonchev–Trinajstić information content (AvgIpc) is 3.01. The van der Waals surface area contributed by atoms with E-state index in [1.54, 1.807) is 24.3 Å². The summed E-state index contributed by atoms with van der Waals surface area (Å²) < 4.78 is 38.1. The fourth-order valence-electron chi connectivity index (χ4n) is 2.29. The van der Waals surface area contributed by atoms with Crippen LogP contribution in [0.1, 0.15) is 22.5 Å². The molecule has 0 aliphatic carbocycles. The number of aromatic nitrogens is 2. The third-order valence-corrected chi connectivity index (χ3v) is 4.28. The molecule has 0 aliphatic rings. The fourth-order valence-corrected chi connectivity index (χ4v) is 2.59. The van der Waals surface area contributed by atoms with Crippen LogP contribution in [0.3, 0.4) is 0 Å². The SMILES string of the molecule is Cn1cc(C(=O)O)c(C(F)F)n1.Nc1cc(F)ccc1-c1ccc(Cl)c(Cl)c1. The maximum absolute atomic E-state index is 12.9. The van der Waals surface area contributed by atoms with Crippen LogP contribution in [0.25, 0.3) is 11.1 Å². The number of aromatic carboxylic acids is 1. The Labute approximate surface area is 168 Å². The zero-order chi connectivity index (χ0) is 21.0. The second-order valence-electron chi connectivity index (χ2n) is 5.57. The summed E-state index contributed by atoms with van der Waals surface area (Å²) in [7, 11) is 1.39. The summed E-state index contributed by atoms with van der Waals surface area (Å²) >= 11 is 11.7. The van der Waals surface area contributed by atoms with Gasteiger partial charge in [0.05, 0.1) is 10.0 Å². The highest BCUT2D eigenvalue weighted by molar-refractivity contribution is 6.42. The lowest BCUT2D eigenvalue weighted by Crippen LogP contribution is -1.99. The van der Waals surface area contributed by atoms with Gasteiger partial charge in [-0.1, -0.05) is 29.3 Å². The van der Waals surface area contributed by atoms with Gasteiger partial charge in [0.25, 0.3) is 6.43 Å². The zero-order valence-electron chi connectivity index (χ0n) is 14.3. The van der Waals surface area contributed by atoms with E-state index in [-0.39, 0.29) is 5.82 Å². The molecule has 0 saturated carbocycles. The van der Waals surface area contributed by atoms with Gasteiger partial charge in [-0.05, 0) is 35.9 Å². The predicted octanol–water partition coefficient (Wildman–Crippen LogP) is 5.44. The highest BCUT2D eigenvalue weighted by Gasteiger charge is 2.21. The van der Waals surface area contributed by atoms with Gasteiger partial charge in [0.2, 0.25) is 0 Å². The number of benzene rings is 2. The number of rotatable bonds is 3. The largest absolute Gasteiger partial charge is 0.478 e. The molecule has 0 aliphatic heterocycles. The number of carboxylic acids is 1. The molecule has 0 unspecified atom stereocenters. The smallest absolute Gasteiger partial charge is 0.339 e. The standard InChI is InChI=1S/C12H8Cl2FN.C6H6F2N2O2/c13-10-4-1-7(5-11(10)14)9-3-2-8(15)6-12(9)16;1-10-2-3(6(11)12)4(9-10)5(7)8/h1-6H,16H2;2,5H,1H3,(H,11,12). The molecule has 148 valence electrons. The van der Waals surface area contributed by atoms with Crippen LogP contribution in [0, 0.1) is 5.82 Å². The first-order valence-corrected chi connectivity index (χ1v) is 8.41. The van der Waals surface area contributed by atoms with Crippen molar-refractivity contribution in [3.05, 3.63) is 69.7 Å². The molecule has 0 spiro atoms. The Kier molecular flexibility index (Phi) is 6.93. The summed E-state index contributed by atoms with van der Waals surface area (Å²) in [6.07, 6.45) is -1.80. The van der Waals surface area contributed by atoms with Gasteiger partial charge >= 0.3 is 5.97 Å². The molecule has 0 bridgehead atoms. The highest BCUT2D eigenvalue weighted by atomic mass is 35.5. The number of hydrogen-bond acceptors (Lipinski definition) is 3. The van der Waals surface area contributed by atoms with E-state index in [9.17, 15) is 18.0 Å². The van der Waals surface area contributed by atoms with E-state index in [0.717, 1.165) is 22.0 Å². The van der Waals surface area contributed by atoms with Crippen molar-refractivity contribution in [1.82, 2.24) is 9.78 Å². The summed E-state index contributed by atoms with van der Waals surface area (Å²) in [5, 5.41) is 12.7. The van der Waals surface area contributed by atoms with Crippen LogP contribution in [-0.4, -0.2) is 20.9 Å². The monoisotopic (exact) mass is 431 g/mol. The lowest BCUT2D eigenvalue weighted by molar-refractivity contribution is 0.0684. The van der Waals surface area contributed by atoms with Crippen molar-refractivity contribution >= 4 is 34.9 Å². The number of halogens is 5. The third-order valence-electron chi connectivity index (χ3n) is 3.54. The van der Waals surface area contributed by atoms with Crippen molar-refractivity contribution in [3.8, 4) is 11.1 Å². The molecule has 3 N–H and O–H groups in total. The molecular weight excluding hydrogens is 418 g/mol. The second-order valence-corrected chi connectivity index (χ2v) is 6.38. The number of nitrogens with two attached hydrogens (primary N) is 1. The molecule has 5 nitrogen and oxygen atoms in total. The average molecular weight is 432 g/mol. The van der Waals surface area contributed by atoms with Crippen LogP contribution in [0.5, 0.6) is 0 Å². The number of carbonyl (C=O) groups is 1. The summed E-state index contributed by atoms with van der Waals surface area (Å²) in [5.41, 5.74) is 6.51. The Morgan fingerprint density at radius 3 is 2.36 bits per heavy atom. The minimum atomic E-state index is -2.85. The van der Waals surface area contributed by atoms with Crippen molar-refractivity contribution in [2.45, 2.75) is 6.43 Å². The summed E-state index contributed by atoms with van der Waals surface area (Å²) in [5.74, 6) is -1.75. The Morgan fingerprint density at radius 1 is 1.18 bits per heavy atom. The van der Waals surface area contributed by atoms with E-state index in [0.29, 0.717) is 15.7 Å². The lowest BCUT2D eigenvalue weighted by Gasteiger charge is -2.07. The molecule has 1 heterocycles. The molecule has 0 atom stereocenters. The molecule has 3 rings (SSSR count). The number of alkyl halides is 2. The summed E-state index contributed by atoms with van der Waals surface area (Å²) in [4.78, 5) is 10.4. The first-order valence-electron chi connectivity index (χ1n) is 7.65. The van der Waals surface area contributed by atoms with Crippen LogP contribution in [0.15, 0.2) is 42.6 Å². The first-order chi connectivity index (χ1) is 13.1. The maximum Gasteiger partial charge on any atom is 0.339 e. The van der Waals surface area contributed by atoms with Crippen LogP contribution in [0.4, 0.5) is 18.9 Å². The van der Waals surface area contributed by atoms with E-state index in [4.69, 9.17) is 34.0 Å². The van der Waals surface area contributed by atoms with E-state index < -0.39 is 23.7 Å². The van der Waals surface area contributed by atoms with Crippen molar-refractivity contribution < 1.29 is 23.1 Å². The van der Waals surface area contributed by atoms with Crippen LogP contribution in [0.2, 0.25) is 10.0 Å². The number of nitrogens with zero attached hydrogens (tertiary/aromatic N) is 2. The van der Waals surface area contributed by atoms with Crippen molar-refractivity contribution in [2.75, 3.05) is 5.73 Å². The maximum atomic E-state index is 12.9. The van der Waals surface area contributed by atoms with Gasteiger partial charge < -0.3 is 10.8 Å². The van der Waals surface area contributed by atoms with E-state index in [1.165, 1.54) is 19.2 Å². The molecule has 0 fully saturated rings. The normalized spacial score (nSPS) is 10.5. The molecule has 0 radical (unpaired) electrons. The molecule has 1 aromatic heterocycles. The third kappa shape index (κ3) is 5.17. The van der Waals surface area contributed by atoms with Crippen LogP contribution >= 0.6 is 23.2 Å². The Balaban J connectivity index is 0.000000209. The minimum absolute atomic E-state index is 0.360. The summed E-state index contributed by atoms with van der Waals surface area (Å²) in [6.45, 7) is 0. The zero-order valence-corrected chi connectivity index (χ0v) is 15.8. The highest BCUT2D eigenvalue weighted by Crippen LogP contribution is 2.31. The molecular formula is C18H14Cl2F3N3O2. The van der Waals surface area contributed by atoms with Crippen LogP contribution < -0.4 is 5.73 Å². The Morgan fingerprint density at radius 2 is 1.86 bits per heavy atom. The molecule has 28 heavy (non-hydrogen) atoms. The van der Waals surface area contributed by atoms with E-state index >= 15 is 0 Å². The van der Waals surface area contributed by atoms with Crippen molar-refractivity contribution in [3.63, 3.8) is 0 Å². The number of carboxylic acid groups (broad SMARTS) is 1. The lowest BCUT2D eigenvalue weighted by atomic mass is 10.0. The van der Waals surface area contributed by atoms with E-state index in [2.05, 4.69) is 5.10 Å².